The summed E-state index contributed by atoms with van der Waals surface area (Å²) in [6.07, 6.45) is 2.38. The zero-order chi connectivity index (χ0) is 17.1. The van der Waals surface area contributed by atoms with Gasteiger partial charge in [0, 0.05) is 46.9 Å². The maximum Gasteiger partial charge on any atom is 0.164 e. The first-order chi connectivity index (χ1) is 11.5. The molecule has 1 aromatic carbocycles. The van der Waals surface area contributed by atoms with Crippen LogP contribution in [0.3, 0.4) is 0 Å². The number of halogens is 2. The first kappa shape index (κ1) is 16.7. The van der Waals surface area contributed by atoms with E-state index in [1.165, 1.54) is 0 Å². The van der Waals surface area contributed by atoms with Crippen LogP contribution < -0.4 is 0 Å². The van der Waals surface area contributed by atoms with E-state index in [9.17, 15) is 4.79 Å². The van der Waals surface area contributed by atoms with E-state index in [2.05, 4.69) is 10.1 Å². The predicted molar refractivity (Wildman–Crippen MR) is 93.6 cm³/mol. The molecular formula is C18H14Cl2N2O2. The standard InChI is InChI=1S/C18H14Cl2N2O2/c1-11-2-3-12(10-21-11)18(23)7-5-14-9-17(22-24-14)15-6-4-13(19)8-16(15)20/h2-4,6,8-10H,5,7H2,1H3. The second-order valence-corrected chi connectivity index (χ2v) is 6.26. The lowest BCUT2D eigenvalue weighted by atomic mass is 10.1. The van der Waals surface area contributed by atoms with Crippen LogP contribution in [0.2, 0.25) is 10.0 Å². The van der Waals surface area contributed by atoms with Gasteiger partial charge in [-0.2, -0.15) is 0 Å². The van der Waals surface area contributed by atoms with Gasteiger partial charge in [-0.1, -0.05) is 28.4 Å². The summed E-state index contributed by atoms with van der Waals surface area (Å²) >= 11 is 12.1. The second kappa shape index (κ2) is 7.16. The van der Waals surface area contributed by atoms with E-state index < -0.39 is 0 Å². The van der Waals surface area contributed by atoms with E-state index in [0.717, 1.165) is 11.3 Å². The number of carbonyl (C=O) groups is 1. The van der Waals surface area contributed by atoms with Crippen molar-refractivity contribution in [2.24, 2.45) is 0 Å². The Balaban J connectivity index is 1.68. The van der Waals surface area contributed by atoms with Gasteiger partial charge >= 0.3 is 0 Å². The molecular weight excluding hydrogens is 347 g/mol. The summed E-state index contributed by atoms with van der Waals surface area (Å²) in [6, 6.07) is 10.6. The highest BCUT2D eigenvalue weighted by Crippen LogP contribution is 2.30. The van der Waals surface area contributed by atoms with Crippen LogP contribution in [0.1, 0.15) is 28.2 Å². The monoisotopic (exact) mass is 360 g/mol. The van der Waals surface area contributed by atoms with Crippen LogP contribution in [-0.4, -0.2) is 15.9 Å². The Bertz CT molecular complexity index is 873. The Labute approximate surface area is 149 Å². The van der Waals surface area contributed by atoms with Gasteiger partial charge in [-0.05, 0) is 37.3 Å². The molecule has 6 heteroatoms. The molecule has 0 fully saturated rings. The Morgan fingerprint density at radius 1 is 1.17 bits per heavy atom. The minimum atomic E-state index is 0.0185. The van der Waals surface area contributed by atoms with Crippen LogP contribution in [0, 0.1) is 6.92 Å². The van der Waals surface area contributed by atoms with Crippen molar-refractivity contribution in [1.82, 2.24) is 10.1 Å². The molecule has 0 aliphatic rings. The van der Waals surface area contributed by atoms with Crippen molar-refractivity contribution >= 4 is 29.0 Å². The van der Waals surface area contributed by atoms with Crippen LogP contribution in [0.4, 0.5) is 0 Å². The number of ketones is 1. The molecule has 0 spiro atoms. The molecule has 122 valence electrons. The van der Waals surface area contributed by atoms with Crippen LogP contribution in [0.5, 0.6) is 0 Å². The van der Waals surface area contributed by atoms with E-state index in [1.807, 2.05) is 13.0 Å². The maximum absolute atomic E-state index is 12.2. The largest absolute Gasteiger partial charge is 0.361 e. The van der Waals surface area contributed by atoms with Crippen molar-refractivity contribution in [3.05, 3.63) is 69.7 Å². The lowest BCUT2D eigenvalue weighted by Crippen LogP contribution is -2.01. The molecule has 0 radical (unpaired) electrons. The third-order valence-corrected chi connectivity index (χ3v) is 4.15. The van der Waals surface area contributed by atoms with Gasteiger partial charge in [0.2, 0.25) is 0 Å². The molecule has 0 saturated heterocycles. The van der Waals surface area contributed by atoms with Gasteiger partial charge in [-0.3, -0.25) is 9.78 Å². The molecule has 0 saturated carbocycles. The molecule has 3 rings (SSSR count). The number of benzene rings is 1. The Morgan fingerprint density at radius 3 is 2.71 bits per heavy atom. The number of nitrogens with zero attached hydrogens (tertiary/aromatic N) is 2. The topological polar surface area (TPSA) is 56.0 Å². The summed E-state index contributed by atoms with van der Waals surface area (Å²) in [5, 5.41) is 5.08. The molecule has 0 aliphatic carbocycles. The van der Waals surface area contributed by atoms with Gasteiger partial charge < -0.3 is 4.52 Å². The van der Waals surface area contributed by atoms with E-state index in [1.54, 1.807) is 36.5 Å². The fraction of sp³-hybridized carbons (Fsp3) is 0.167. The lowest BCUT2D eigenvalue weighted by Gasteiger charge is -2.00. The van der Waals surface area contributed by atoms with E-state index in [-0.39, 0.29) is 5.78 Å². The number of hydrogen-bond donors (Lipinski definition) is 0. The molecule has 0 amide bonds. The number of pyridine rings is 1. The van der Waals surface area contributed by atoms with Gasteiger partial charge in [-0.25, -0.2) is 0 Å². The summed E-state index contributed by atoms with van der Waals surface area (Å²) in [5.74, 6) is 0.648. The van der Waals surface area contributed by atoms with Crippen LogP contribution in [0.15, 0.2) is 47.1 Å². The molecule has 2 heterocycles. The number of carbonyl (C=O) groups excluding carboxylic acids is 1. The Kier molecular flexibility index (Phi) is 4.97. The summed E-state index contributed by atoms with van der Waals surface area (Å²) in [7, 11) is 0. The lowest BCUT2D eigenvalue weighted by molar-refractivity contribution is 0.0980. The van der Waals surface area contributed by atoms with E-state index >= 15 is 0 Å². The highest BCUT2D eigenvalue weighted by Gasteiger charge is 2.13. The molecule has 24 heavy (non-hydrogen) atoms. The average Bonchev–Trinajstić information content (AvgIpc) is 3.02. The van der Waals surface area contributed by atoms with Crippen molar-refractivity contribution in [1.29, 1.82) is 0 Å². The average molecular weight is 361 g/mol. The second-order valence-electron chi connectivity index (χ2n) is 5.41. The molecule has 0 unspecified atom stereocenters. The SMILES string of the molecule is Cc1ccc(C(=O)CCc2cc(-c3ccc(Cl)cc3Cl)no2)cn1. The smallest absolute Gasteiger partial charge is 0.164 e. The zero-order valence-electron chi connectivity index (χ0n) is 12.9. The maximum atomic E-state index is 12.2. The fourth-order valence-electron chi connectivity index (χ4n) is 2.27. The van der Waals surface area contributed by atoms with E-state index in [4.69, 9.17) is 27.7 Å². The summed E-state index contributed by atoms with van der Waals surface area (Å²) in [4.78, 5) is 16.3. The Morgan fingerprint density at radius 2 is 2.00 bits per heavy atom. The van der Waals surface area contributed by atoms with Crippen LogP contribution in [-0.2, 0) is 6.42 Å². The predicted octanol–water partition coefficient (Wildman–Crippen LogP) is 5.17. The Hall–Kier alpha value is -2.17. The molecule has 0 N–H and O–H groups in total. The minimum absolute atomic E-state index is 0.0185. The zero-order valence-corrected chi connectivity index (χ0v) is 14.4. The first-order valence-corrected chi connectivity index (χ1v) is 8.15. The van der Waals surface area contributed by atoms with Crippen LogP contribution >= 0.6 is 23.2 Å². The van der Waals surface area contributed by atoms with Crippen LogP contribution in [0.25, 0.3) is 11.3 Å². The normalized spacial score (nSPS) is 10.8. The van der Waals surface area contributed by atoms with Gasteiger partial charge in [-0.15, -0.1) is 0 Å². The highest BCUT2D eigenvalue weighted by molar-refractivity contribution is 6.36. The van der Waals surface area contributed by atoms with Gasteiger partial charge in [0.05, 0.1) is 5.02 Å². The first-order valence-electron chi connectivity index (χ1n) is 7.40. The third-order valence-electron chi connectivity index (χ3n) is 3.60. The third kappa shape index (κ3) is 3.83. The van der Waals surface area contributed by atoms with Crippen molar-refractivity contribution < 1.29 is 9.32 Å². The molecule has 0 aliphatic heterocycles. The molecule has 0 bridgehead atoms. The quantitative estimate of drug-likeness (QED) is 0.589. The molecule has 3 aromatic rings. The minimum Gasteiger partial charge on any atom is -0.361 e. The van der Waals surface area contributed by atoms with Crippen molar-refractivity contribution in [3.63, 3.8) is 0 Å². The fourth-order valence-corrected chi connectivity index (χ4v) is 2.77. The number of hydrogen-bond acceptors (Lipinski definition) is 4. The van der Waals surface area contributed by atoms with Crippen molar-refractivity contribution in [2.75, 3.05) is 0 Å². The number of aromatic nitrogens is 2. The van der Waals surface area contributed by atoms with Crippen molar-refractivity contribution in [3.8, 4) is 11.3 Å². The number of Topliss-reactive ketones (excluding diaryl/α,β-unsaturated/α-hetero) is 1. The summed E-state index contributed by atoms with van der Waals surface area (Å²) in [5.41, 5.74) is 2.84. The molecule has 4 nitrogen and oxygen atoms in total. The summed E-state index contributed by atoms with van der Waals surface area (Å²) < 4.78 is 5.30. The number of aryl methyl sites for hydroxylation is 2. The molecule has 0 atom stereocenters. The molecule has 2 aromatic heterocycles. The summed E-state index contributed by atoms with van der Waals surface area (Å²) in [6.45, 7) is 1.88. The van der Waals surface area contributed by atoms with Gasteiger partial charge in [0.25, 0.3) is 0 Å². The van der Waals surface area contributed by atoms with Gasteiger partial charge in [0.15, 0.2) is 5.78 Å². The number of rotatable bonds is 5. The highest BCUT2D eigenvalue weighted by atomic mass is 35.5. The van der Waals surface area contributed by atoms with Gasteiger partial charge in [0.1, 0.15) is 11.5 Å². The van der Waals surface area contributed by atoms with Crippen molar-refractivity contribution in [2.45, 2.75) is 19.8 Å². The van der Waals surface area contributed by atoms with E-state index in [0.29, 0.717) is 39.9 Å².